The van der Waals surface area contributed by atoms with Gasteiger partial charge in [0.1, 0.15) is 5.75 Å². The van der Waals surface area contributed by atoms with Gasteiger partial charge >= 0.3 is 0 Å². The van der Waals surface area contributed by atoms with Crippen LogP contribution in [0.2, 0.25) is 0 Å². The average Bonchev–Trinajstić information content (AvgIpc) is 2.53. The summed E-state index contributed by atoms with van der Waals surface area (Å²) >= 11 is 0. The molecule has 0 unspecified atom stereocenters. The smallest absolute Gasteiger partial charge is 0.119 e. The van der Waals surface area contributed by atoms with E-state index >= 15 is 0 Å². The summed E-state index contributed by atoms with van der Waals surface area (Å²) in [5, 5.41) is 3.48. The Kier molecular flexibility index (Phi) is 7.20. The largest absolute Gasteiger partial charge is 0.493 e. The first-order valence-corrected chi connectivity index (χ1v) is 8.82. The van der Waals surface area contributed by atoms with Gasteiger partial charge in [-0.2, -0.15) is 0 Å². The molecule has 0 aliphatic carbocycles. The number of likely N-dealkylation sites (tertiary alicyclic amines) is 1. The van der Waals surface area contributed by atoms with E-state index in [0.717, 1.165) is 31.4 Å². The van der Waals surface area contributed by atoms with Gasteiger partial charge in [-0.05, 0) is 68.6 Å². The number of ether oxygens (including phenoxy) is 1. The van der Waals surface area contributed by atoms with Gasteiger partial charge in [0.2, 0.25) is 0 Å². The number of nitrogens with zero attached hydrogens (tertiary/aromatic N) is 1. The van der Waals surface area contributed by atoms with Crippen molar-refractivity contribution < 1.29 is 4.74 Å². The number of hydrogen-bond donors (Lipinski definition) is 1. The van der Waals surface area contributed by atoms with Gasteiger partial charge in [-0.1, -0.05) is 32.9 Å². The van der Waals surface area contributed by atoms with Gasteiger partial charge in [0.15, 0.2) is 0 Å². The standard InChI is InChI=1S/C19H32N2O/c1-4-20-13-17-8-10-21(11-9-17)14-18-6-5-7-19(12-18)22-15-16(2)3/h5-7,12,16-17,20H,4,8-11,13-15H2,1-3H3. The van der Waals surface area contributed by atoms with Crippen LogP contribution >= 0.6 is 0 Å². The quantitative estimate of drug-likeness (QED) is 0.795. The molecule has 0 radical (unpaired) electrons. The molecule has 0 aromatic heterocycles. The van der Waals surface area contributed by atoms with Crippen LogP contribution in [-0.2, 0) is 6.54 Å². The third kappa shape index (κ3) is 5.98. The molecule has 0 bridgehead atoms. The molecule has 3 nitrogen and oxygen atoms in total. The van der Waals surface area contributed by atoms with Crippen molar-refractivity contribution >= 4 is 0 Å². The van der Waals surface area contributed by atoms with Crippen molar-refractivity contribution in [3.05, 3.63) is 29.8 Å². The average molecular weight is 304 g/mol. The van der Waals surface area contributed by atoms with Gasteiger partial charge in [0.25, 0.3) is 0 Å². The van der Waals surface area contributed by atoms with Crippen LogP contribution in [0, 0.1) is 11.8 Å². The van der Waals surface area contributed by atoms with Crippen molar-refractivity contribution in [1.29, 1.82) is 0 Å². The first-order valence-electron chi connectivity index (χ1n) is 8.82. The summed E-state index contributed by atoms with van der Waals surface area (Å²) in [7, 11) is 0. The highest BCUT2D eigenvalue weighted by Gasteiger charge is 2.18. The fourth-order valence-corrected chi connectivity index (χ4v) is 2.95. The van der Waals surface area contributed by atoms with Gasteiger partial charge in [-0.15, -0.1) is 0 Å². The minimum atomic E-state index is 0.569. The zero-order valence-corrected chi connectivity index (χ0v) is 14.5. The molecule has 22 heavy (non-hydrogen) atoms. The number of benzene rings is 1. The second kappa shape index (κ2) is 9.16. The molecule has 0 spiro atoms. The lowest BCUT2D eigenvalue weighted by molar-refractivity contribution is 0.175. The highest BCUT2D eigenvalue weighted by molar-refractivity contribution is 5.28. The van der Waals surface area contributed by atoms with Crippen molar-refractivity contribution in [2.75, 3.05) is 32.8 Å². The van der Waals surface area contributed by atoms with Gasteiger partial charge in [-0.25, -0.2) is 0 Å². The molecule has 2 rings (SSSR count). The maximum Gasteiger partial charge on any atom is 0.119 e. The fourth-order valence-electron chi connectivity index (χ4n) is 2.95. The van der Waals surface area contributed by atoms with Crippen molar-refractivity contribution in [2.45, 2.75) is 40.2 Å². The van der Waals surface area contributed by atoms with Crippen LogP contribution in [0.15, 0.2) is 24.3 Å². The molecule has 0 atom stereocenters. The summed E-state index contributed by atoms with van der Waals surface area (Å²) in [5.74, 6) is 2.43. The van der Waals surface area contributed by atoms with Crippen molar-refractivity contribution in [3.63, 3.8) is 0 Å². The third-order valence-corrected chi connectivity index (χ3v) is 4.28. The molecule has 1 N–H and O–H groups in total. The molecule has 0 saturated carbocycles. The Balaban J connectivity index is 1.78. The summed E-state index contributed by atoms with van der Waals surface area (Å²) in [5.41, 5.74) is 1.37. The van der Waals surface area contributed by atoms with Gasteiger partial charge in [-0.3, -0.25) is 4.90 Å². The molecular formula is C19H32N2O. The number of piperidine rings is 1. The maximum absolute atomic E-state index is 5.83. The second-order valence-electron chi connectivity index (χ2n) is 6.88. The number of rotatable bonds is 8. The summed E-state index contributed by atoms with van der Waals surface area (Å²) in [6.45, 7) is 13.1. The summed E-state index contributed by atoms with van der Waals surface area (Å²) in [6, 6.07) is 8.59. The van der Waals surface area contributed by atoms with Crippen LogP contribution in [0.4, 0.5) is 0 Å². The van der Waals surface area contributed by atoms with Crippen LogP contribution in [0.1, 0.15) is 39.2 Å². The molecule has 0 amide bonds. The van der Waals surface area contributed by atoms with E-state index in [9.17, 15) is 0 Å². The molecule has 1 aliphatic rings. The zero-order valence-electron chi connectivity index (χ0n) is 14.5. The van der Waals surface area contributed by atoms with Gasteiger partial charge in [0, 0.05) is 6.54 Å². The SMILES string of the molecule is CCNCC1CCN(Cc2cccc(OCC(C)C)c2)CC1. The lowest BCUT2D eigenvalue weighted by Gasteiger charge is -2.32. The molecule has 3 heteroatoms. The highest BCUT2D eigenvalue weighted by atomic mass is 16.5. The van der Waals surface area contributed by atoms with Crippen LogP contribution in [0.3, 0.4) is 0 Å². The van der Waals surface area contributed by atoms with Crippen molar-refractivity contribution in [2.24, 2.45) is 11.8 Å². The van der Waals surface area contributed by atoms with E-state index in [2.05, 4.69) is 55.3 Å². The fraction of sp³-hybridized carbons (Fsp3) is 0.684. The van der Waals surface area contributed by atoms with E-state index in [1.807, 2.05) is 0 Å². The number of nitrogens with one attached hydrogen (secondary N) is 1. The van der Waals surface area contributed by atoms with E-state index in [1.54, 1.807) is 0 Å². The Morgan fingerprint density at radius 2 is 2.05 bits per heavy atom. The Hall–Kier alpha value is -1.06. The van der Waals surface area contributed by atoms with E-state index in [0.29, 0.717) is 5.92 Å². The normalized spacial score (nSPS) is 17.1. The van der Waals surface area contributed by atoms with Crippen molar-refractivity contribution in [3.8, 4) is 5.75 Å². The van der Waals surface area contributed by atoms with E-state index in [4.69, 9.17) is 4.74 Å². The lowest BCUT2D eigenvalue weighted by Crippen LogP contribution is -2.36. The molecule has 1 fully saturated rings. The third-order valence-electron chi connectivity index (χ3n) is 4.28. The second-order valence-corrected chi connectivity index (χ2v) is 6.88. The summed E-state index contributed by atoms with van der Waals surface area (Å²) < 4.78 is 5.83. The molecule has 1 aliphatic heterocycles. The monoisotopic (exact) mass is 304 g/mol. The van der Waals surface area contributed by atoms with Crippen LogP contribution in [0.25, 0.3) is 0 Å². The predicted octanol–water partition coefficient (Wildman–Crippen LogP) is 3.54. The summed E-state index contributed by atoms with van der Waals surface area (Å²) in [6.07, 6.45) is 2.63. The van der Waals surface area contributed by atoms with Gasteiger partial charge in [0.05, 0.1) is 6.61 Å². The highest BCUT2D eigenvalue weighted by Crippen LogP contribution is 2.20. The van der Waals surface area contributed by atoms with E-state index < -0.39 is 0 Å². The van der Waals surface area contributed by atoms with Crippen LogP contribution in [0.5, 0.6) is 5.75 Å². The molecule has 1 saturated heterocycles. The van der Waals surface area contributed by atoms with Crippen molar-refractivity contribution in [1.82, 2.24) is 10.2 Å². The predicted molar refractivity (Wildman–Crippen MR) is 93.3 cm³/mol. The number of hydrogen-bond acceptors (Lipinski definition) is 3. The maximum atomic E-state index is 5.83. The first kappa shape index (κ1) is 17.3. The molecule has 1 aromatic carbocycles. The van der Waals surface area contributed by atoms with Crippen LogP contribution < -0.4 is 10.1 Å². The van der Waals surface area contributed by atoms with E-state index in [1.165, 1.54) is 38.0 Å². The van der Waals surface area contributed by atoms with Crippen LogP contribution in [-0.4, -0.2) is 37.7 Å². The Morgan fingerprint density at radius 3 is 2.73 bits per heavy atom. The first-order chi connectivity index (χ1) is 10.7. The Labute approximate surface area is 136 Å². The zero-order chi connectivity index (χ0) is 15.8. The molecular weight excluding hydrogens is 272 g/mol. The lowest BCUT2D eigenvalue weighted by atomic mass is 9.96. The van der Waals surface area contributed by atoms with Gasteiger partial charge < -0.3 is 10.1 Å². The topological polar surface area (TPSA) is 24.5 Å². The Morgan fingerprint density at radius 1 is 1.27 bits per heavy atom. The molecule has 1 heterocycles. The minimum absolute atomic E-state index is 0.569. The molecule has 124 valence electrons. The molecule has 1 aromatic rings. The summed E-state index contributed by atoms with van der Waals surface area (Å²) in [4.78, 5) is 2.57. The van der Waals surface area contributed by atoms with E-state index in [-0.39, 0.29) is 0 Å². The Bertz CT molecular complexity index is 425. The minimum Gasteiger partial charge on any atom is -0.493 e.